The second kappa shape index (κ2) is 6.40. The molecule has 1 aliphatic carbocycles. The van der Waals surface area contributed by atoms with Crippen LogP contribution in [0.2, 0.25) is 0 Å². The molecule has 8 heteroatoms. The van der Waals surface area contributed by atoms with Gasteiger partial charge >= 0.3 is 5.97 Å². The van der Waals surface area contributed by atoms with Gasteiger partial charge in [0.05, 0.1) is 9.80 Å². The fourth-order valence-electron chi connectivity index (χ4n) is 2.38. The van der Waals surface area contributed by atoms with Crippen LogP contribution in [-0.4, -0.2) is 32.8 Å². The van der Waals surface area contributed by atoms with E-state index in [1.165, 1.54) is 24.3 Å². The number of carbonyl (C=O) groups excluding carboxylic acids is 1. The van der Waals surface area contributed by atoms with E-state index in [0.29, 0.717) is 11.4 Å². The summed E-state index contributed by atoms with van der Waals surface area (Å²) < 4.78 is 0. The van der Waals surface area contributed by atoms with E-state index in [4.69, 9.17) is 5.11 Å². The number of carboxylic acids is 1. The van der Waals surface area contributed by atoms with Crippen molar-refractivity contribution in [2.45, 2.75) is 25.4 Å². The monoisotopic (exact) mass is 346 g/mol. The minimum absolute atomic E-state index is 0.00686. The quantitative estimate of drug-likeness (QED) is 0.639. The molecular weight excluding hydrogens is 332 g/mol. The molecule has 7 nitrogen and oxygen atoms in total. The van der Waals surface area contributed by atoms with Crippen molar-refractivity contribution in [1.29, 1.82) is 0 Å². The second-order valence-corrected chi connectivity index (χ2v) is 6.64. The zero-order chi connectivity index (χ0) is 17.3. The van der Waals surface area contributed by atoms with E-state index in [2.05, 4.69) is 0 Å². The Morgan fingerprint density at radius 3 is 2.29 bits per heavy atom. The third-order valence-corrected chi connectivity index (χ3v) is 4.84. The molecule has 0 unspecified atom stereocenters. The van der Waals surface area contributed by atoms with Crippen LogP contribution < -0.4 is 0 Å². The fourth-order valence-corrected chi connectivity index (χ4v) is 3.18. The highest BCUT2D eigenvalue weighted by Crippen LogP contribution is 2.31. The summed E-state index contributed by atoms with van der Waals surface area (Å²) in [5.74, 6) is -1.25. The topological polar surface area (TPSA) is 101 Å². The Morgan fingerprint density at radius 1 is 1.17 bits per heavy atom. The summed E-state index contributed by atoms with van der Waals surface area (Å²) in [7, 11) is 0. The summed E-state index contributed by atoms with van der Waals surface area (Å²) in [5.41, 5.74) is 0.809. The molecule has 1 aromatic heterocycles. The van der Waals surface area contributed by atoms with Crippen molar-refractivity contribution >= 4 is 28.9 Å². The number of nitrogens with zero attached hydrogens (tertiary/aromatic N) is 2. The van der Waals surface area contributed by atoms with Crippen LogP contribution in [0.1, 0.15) is 37.7 Å². The van der Waals surface area contributed by atoms with Crippen LogP contribution in [0.25, 0.3) is 0 Å². The van der Waals surface area contributed by atoms with E-state index >= 15 is 0 Å². The number of aromatic carboxylic acids is 1. The maximum Gasteiger partial charge on any atom is 0.345 e. The molecule has 3 rings (SSSR count). The van der Waals surface area contributed by atoms with Gasteiger partial charge in [0.15, 0.2) is 0 Å². The van der Waals surface area contributed by atoms with Crippen molar-refractivity contribution in [2.75, 3.05) is 0 Å². The van der Waals surface area contributed by atoms with Crippen molar-refractivity contribution in [2.24, 2.45) is 0 Å². The van der Waals surface area contributed by atoms with Gasteiger partial charge in [0, 0.05) is 24.7 Å². The van der Waals surface area contributed by atoms with Gasteiger partial charge in [-0.15, -0.1) is 11.3 Å². The van der Waals surface area contributed by atoms with Gasteiger partial charge in [-0.05, 0) is 30.5 Å². The first kappa shape index (κ1) is 16.1. The first-order valence-corrected chi connectivity index (χ1v) is 8.15. The van der Waals surface area contributed by atoms with E-state index in [9.17, 15) is 19.7 Å². The number of hydrogen-bond acceptors (Lipinski definition) is 5. The minimum Gasteiger partial charge on any atom is -0.477 e. The highest BCUT2D eigenvalue weighted by molar-refractivity contribution is 7.15. The highest BCUT2D eigenvalue weighted by Gasteiger charge is 2.33. The van der Waals surface area contributed by atoms with Crippen LogP contribution in [0.15, 0.2) is 36.4 Å². The Hall–Kier alpha value is -2.74. The summed E-state index contributed by atoms with van der Waals surface area (Å²) in [6, 6.07) is 9.20. The third kappa shape index (κ3) is 3.43. The molecule has 1 aliphatic rings. The number of nitro groups is 1. The summed E-state index contributed by atoms with van der Waals surface area (Å²) >= 11 is 0.959. The number of nitro benzene ring substituents is 1. The van der Waals surface area contributed by atoms with Crippen LogP contribution in [0.3, 0.4) is 0 Å². The Labute approximate surface area is 141 Å². The molecule has 0 radical (unpaired) electrons. The molecule has 1 N–H and O–H groups in total. The van der Waals surface area contributed by atoms with E-state index in [0.717, 1.165) is 29.7 Å². The van der Waals surface area contributed by atoms with Gasteiger partial charge in [0.25, 0.3) is 11.6 Å². The molecule has 24 heavy (non-hydrogen) atoms. The Balaban J connectivity index is 1.77. The number of non-ortho nitro benzene ring substituents is 1. The first-order valence-electron chi connectivity index (χ1n) is 7.33. The molecule has 1 heterocycles. The summed E-state index contributed by atoms with van der Waals surface area (Å²) in [6.07, 6.45) is 1.83. The number of benzene rings is 1. The fraction of sp³-hybridized carbons (Fsp3) is 0.250. The van der Waals surface area contributed by atoms with Gasteiger partial charge < -0.3 is 10.0 Å². The minimum atomic E-state index is -1.05. The number of rotatable bonds is 6. The zero-order valence-corrected chi connectivity index (χ0v) is 13.4. The predicted octanol–water partition coefficient (Wildman–Crippen LogP) is 3.16. The molecule has 124 valence electrons. The first-order chi connectivity index (χ1) is 11.5. The van der Waals surface area contributed by atoms with Gasteiger partial charge in [-0.3, -0.25) is 14.9 Å². The van der Waals surface area contributed by atoms with Crippen LogP contribution in [0.5, 0.6) is 0 Å². The van der Waals surface area contributed by atoms with E-state index in [-0.39, 0.29) is 22.5 Å². The lowest BCUT2D eigenvalue weighted by Crippen LogP contribution is -2.32. The molecule has 1 saturated carbocycles. The average molecular weight is 346 g/mol. The van der Waals surface area contributed by atoms with Crippen LogP contribution >= 0.6 is 11.3 Å². The average Bonchev–Trinajstić information content (AvgIpc) is 3.27. The van der Waals surface area contributed by atoms with Crippen LogP contribution in [0.4, 0.5) is 5.69 Å². The largest absolute Gasteiger partial charge is 0.477 e. The van der Waals surface area contributed by atoms with E-state index in [1.807, 2.05) is 0 Å². The molecule has 2 aromatic rings. The SMILES string of the molecule is O=C(O)c1ccc(C(=O)N(Cc2ccc([N+](=O)[O-])cc2)C2CC2)s1. The summed E-state index contributed by atoms with van der Waals surface area (Å²) in [5, 5.41) is 19.7. The summed E-state index contributed by atoms with van der Waals surface area (Å²) in [6.45, 7) is 0.349. The van der Waals surface area contributed by atoms with Crippen molar-refractivity contribution in [3.8, 4) is 0 Å². The van der Waals surface area contributed by atoms with Gasteiger partial charge in [-0.1, -0.05) is 12.1 Å². The number of thiophene rings is 1. The third-order valence-electron chi connectivity index (χ3n) is 3.78. The molecule has 0 saturated heterocycles. The normalized spacial score (nSPS) is 13.5. The number of carboxylic acid groups (broad SMARTS) is 1. The zero-order valence-electron chi connectivity index (χ0n) is 12.5. The smallest absolute Gasteiger partial charge is 0.345 e. The molecule has 0 bridgehead atoms. The standard InChI is InChI=1S/C16H14N2O5S/c19-15(13-7-8-14(24-13)16(20)21)17(11-5-6-11)9-10-1-3-12(4-2-10)18(22)23/h1-4,7-8,11H,5-6,9H2,(H,20,21). The van der Waals surface area contributed by atoms with Gasteiger partial charge in [0.1, 0.15) is 4.88 Å². The van der Waals surface area contributed by atoms with Gasteiger partial charge in [-0.2, -0.15) is 0 Å². The number of carbonyl (C=O) groups is 2. The van der Waals surface area contributed by atoms with Crippen molar-refractivity contribution < 1.29 is 19.6 Å². The Bertz CT molecular complexity index is 795. The lowest BCUT2D eigenvalue weighted by atomic mass is 10.2. The van der Waals surface area contributed by atoms with Crippen LogP contribution in [0, 0.1) is 10.1 Å². The van der Waals surface area contributed by atoms with Gasteiger partial charge in [0.2, 0.25) is 0 Å². The second-order valence-electron chi connectivity index (χ2n) is 5.56. The maximum atomic E-state index is 12.7. The molecular formula is C16H14N2O5S. The number of hydrogen-bond donors (Lipinski definition) is 1. The number of amides is 1. The van der Waals surface area contributed by atoms with Crippen molar-refractivity contribution in [3.63, 3.8) is 0 Å². The highest BCUT2D eigenvalue weighted by atomic mass is 32.1. The molecule has 1 fully saturated rings. The molecule has 1 amide bonds. The summed E-state index contributed by atoms with van der Waals surface area (Å²) in [4.78, 5) is 36.1. The van der Waals surface area contributed by atoms with Gasteiger partial charge in [-0.25, -0.2) is 4.79 Å². The Kier molecular flexibility index (Phi) is 4.30. The maximum absolute atomic E-state index is 12.7. The molecule has 1 aromatic carbocycles. The van der Waals surface area contributed by atoms with Crippen molar-refractivity contribution in [1.82, 2.24) is 4.90 Å². The Morgan fingerprint density at radius 2 is 1.79 bits per heavy atom. The van der Waals surface area contributed by atoms with E-state index in [1.54, 1.807) is 17.0 Å². The van der Waals surface area contributed by atoms with Crippen LogP contribution in [-0.2, 0) is 6.54 Å². The molecule has 0 aliphatic heterocycles. The lowest BCUT2D eigenvalue weighted by molar-refractivity contribution is -0.384. The predicted molar refractivity (Wildman–Crippen MR) is 87.3 cm³/mol. The molecule has 0 spiro atoms. The molecule has 0 atom stereocenters. The van der Waals surface area contributed by atoms with E-state index < -0.39 is 10.9 Å². The lowest BCUT2D eigenvalue weighted by Gasteiger charge is -2.21. The van der Waals surface area contributed by atoms with Crippen molar-refractivity contribution in [3.05, 3.63) is 61.8 Å².